The number of nitrogens with zero attached hydrogens (tertiary/aromatic N) is 2. The molecule has 1 heterocycles. The summed E-state index contributed by atoms with van der Waals surface area (Å²) in [6.45, 7) is 0. The molecule has 2 aromatic rings. The zero-order valence-electron chi connectivity index (χ0n) is 10.3. The SMILES string of the molecule is COc1ccc2c(c1)C(O)C(n1ccnc1)CC2. The van der Waals surface area contributed by atoms with Crippen LogP contribution in [0.15, 0.2) is 36.9 Å². The van der Waals surface area contributed by atoms with Crippen LogP contribution in [0.1, 0.15) is 29.7 Å². The predicted molar refractivity (Wildman–Crippen MR) is 67.5 cm³/mol. The molecule has 1 aromatic carbocycles. The summed E-state index contributed by atoms with van der Waals surface area (Å²) in [5, 5.41) is 10.5. The van der Waals surface area contributed by atoms with Gasteiger partial charge in [-0.2, -0.15) is 0 Å². The van der Waals surface area contributed by atoms with Crippen LogP contribution < -0.4 is 4.74 Å². The first-order valence-corrected chi connectivity index (χ1v) is 6.12. The van der Waals surface area contributed by atoms with Crippen molar-refractivity contribution in [3.05, 3.63) is 48.0 Å². The lowest BCUT2D eigenvalue weighted by molar-refractivity contribution is 0.0985. The summed E-state index contributed by atoms with van der Waals surface area (Å²) in [4.78, 5) is 4.05. The van der Waals surface area contributed by atoms with Gasteiger partial charge in [-0.25, -0.2) is 4.98 Å². The first kappa shape index (κ1) is 11.3. The first-order valence-electron chi connectivity index (χ1n) is 6.12. The predicted octanol–water partition coefficient (Wildman–Crippen LogP) is 2.11. The molecule has 0 amide bonds. The van der Waals surface area contributed by atoms with Gasteiger partial charge in [0.1, 0.15) is 11.9 Å². The molecule has 4 heteroatoms. The van der Waals surface area contributed by atoms with Crippen LogP contribution >= 0.6 is 0 Å². The Morgan fingerprint density at radius 3 is 3.06 bits per heavy atom. The van der Waals surface area contributed by atoms with Gasteiger partial charge in [-0.1, -0.05) is 6.07 Å². The molecule has 1 aliphatic carbocycles. The number of rotatable bonds is 2. The van der Waals surface area contributed by atoms with E-state index in [1.807, 2.05) is 29.0 Å². The normalized spacial score (nSPS) is 22.6. The van der Waals surface area contributed by atoms with Crippen molar-refractivity contribution in [3.63, 3.8) is 0 Å². The molecule has 2 unspecified atom stereocenters. The van der Waals surface area contributed by atoms with Crippen molar-refractivity contribution in [2.24, 2.45) is 0 Å². The highest BCUT2D eigenvalue weighted by Crippen LogP contribution is 2.38. The van der Waals surface area contributed by atoms with E-state index in [4.69, 9.17) is 4.74 Å². The molecule has 18 heavy (non-hydrogen) atoms. The number of benzene rings is 1. The quantitative estimate of drug-likeness (QED) is 0.880. The Morgan fingerprint density at radius 1 is 1.44 bits per heavy atom. The second-order valence-electron chi connectivity index (χ2n) is 4.63. The van der Waals surface area contributed by atoms with Crippen molar-refractivity contribution in [2.45, 2.75) is 25.0 Å². The summed E-state index contributed by atoms with van der Waals surface area (Å²) in [7, 11) is 1.64. The first-order chi connectivity index (χ1) is 8.79. The summed E-state index contributed by atoms with van der Waals surface area (Å²) < 4.78 is 7.20. The van der Waals surface area contributed by atoms with Crippen LogP contribution in [-0.4, -0.2) is 21.8 Å². The second-order valence-corrected chi connectivity index (χ2v) is 4.63. The maximum absolute atomic E-state index is 10.5. The third-order valence-electron chi connectivity index (χ3n) is 3.65. The lowest BCUT2D eigenvalue weighted by Crippen LogP contribution is -2.23. The van der Waals surface area contributed by atoms with Gasteiger partial charge in [0.15, 0.2) is 0 Å². The highest BCUT2D eigenvalue weighted by molar-refractivity contribution is 5.39. The molecule has 94 valence electrons. The number of aryl methyl sites for hydroxylation is 1. The van der Waals surface area contributed by atoms with Crippen LogP contribution in [0.4, 0.5) is 0 Å². The minimum absolute atomic E-state index is 0.0621. The van der Waals surface area contributed by atoms with Crippen LogP contribution in [-0.2, 0) is 6.42 Å². The minimum Gasteiger partial charge on any atom is -0.497 e. The number of hydrogen-bond acceptors (Lipinski definition) is 3. The summed E-state index contributed by atoms with van der Waals surface area (Å²) in [5.74, 6) is 0.791. The van der Waals surface area contributed by atoms with Crippen molar-refractivity contribution in [2.75, 3.05) is 7.11 Å². The van der Waals surface area contributed by atoms with Gasteiger partial charge in [-0.3, -0.25) is 0 Å². The van der Waals surface area contributed by atoms with Crippen molar-refractivity contribution in [3.8, 4) is 5.75 Å². The zero-order chi connectivity index (χ0) is 12.5. The highest BCUT2D eigenvalue weighted by atomic mass is 16.5. The number of aliphatic hydroxyl groups is 1. The van der Waals surface area contributed by atoms with E-state index in [0.717, 1.165) is 24.2 Å². The van der Waals surface area contributed by atoms with E-state index in [2.05, 4.69) is 4.98 Å². The molecule has 0 bridgehead atoms. The maximum atomic E-state index is 10.5. The Morgan fingerprint density at radius 2 is 2.33 bits per heavy atom. The third-order valence-corrected chi connectivity index (χ3v) is 3.65. The Bertz CT molecular complexity index is 537. The largest absolute Gasteiger partial charge is 0.497 e. The molecule has 1 N–H and O–H groups in total. The Balaban J connectivity index is 1.97. The van der Waals surface area contributed by atoms with Gasteiger partial charge >= 0.3 is 0 Å². The van der Waals surface area contributed by atoms with E-state index >= 15 is 0 Å². The van der Waals surface area contributed by atoms with Crippen molar-refractivity contribution in [1.29, 1.82) is 0 Å². The van der Waals surface area contributed by atoms with Crippen LogP contribution in [0.25, 0.3) is 0 Å². The molecular formula is C14H16N2O2. The number of methoxy groups -OCH3 is 1. The minimum atomic E-state index is -0.502. The molecule has 0 radical (unpaired) electrons. The average Bonchev–Trinajstić information content (AvgIpc) is 2.93. The number of fused-ring (bicyclic) bond motifs is 1. The highest BCUT2D eigenvalue weighted by Gasteiger charge is 2.29. The van der Waals surface area contributed by atoms with Gasteiger partial charge in [0.2, 0.25) is 0 Å². The van der Waals surface area contributed by atoms with Gasteiger partial charge < -0.3 is 14.4 Å². The molecule has 0 aliphatic heterocycles. The number of imidazole rings is 1. The van der Waals surface area contributed by atoms with Crippen molar-refractivity contribution < 1.29 is 9.84 Å². The standard InChI is InChI=1S/C14H16N2O2/c1-18-11-4-2-10-3-5-13(14(17)12(10)8-11)16-7-6-15-9-16/h2,4,6-9,13-14,17H,3,5H2,1H3. The van der Waals surface area contributed by atoms with Crippen LogP contribution in [0.3, 0.4) is 0 Å². The molecule has 0 saturated heterocycles. The monoisotopic (exact) mass is 244 g/mol. The Kier molecular flexibility index (Phi) is 2.80. The third kappa shape index (κ3) is 1.78. The molecule has 3 rings (SSSR count). The number of aliphatic hydroxyl groups excluding tert-OH is 1. The molecule has 2 atom stereocenters. The van der Waals surface area contributed by atoms with E-state index < -0.39 is 6.10 Å². The van der Waals surface area contributed by atoms with Crippen LogP contribution in [0.5, 0.6) is 5.75 Å². The summed E-state index contributed by atoms with van der Waals surface area (Å²) in [6.07, 6.45) is 6.81. The molecular weight excluding hydrogens is 228 g/mol. The second kappa shape index (κ2) is 4.46. The van der Waals surface area contributed by atoms with Crippen molar-refractivity contribution >= 4 is 0 Å². The average molecular weight is 244 g/mol. The van der Waals surface area contributed by atoms with Gasteiger partial charge in [-0.05, 0) is 36.1 Å². The van der Waals surface area contributed by atoms with E-state index in [1.165, 1.54) is 5.56 Å². The van der Waals surface area contributed by atoms with E-state index in [9.17, 15) is 5.11 Å². The smallest absolute Gasteiger partial charge is 0.119 e. The topological polar surface area (TPSA) is 47.3 Å². The van der Waals surface area contributed by atoms with E-state index in [0.29, 0.717) is 0 Å². The van der Waals surface area contributed by atoms with Gasteiger partial charge in [-0.15, -0.1) is 0 Å². The van der Waals surface area contributed by atoms with E-state index in [-0.39, 0.29) is 6.04 Å². The number of aromatic nitrogens is 2. The lowest BCUT2D eigenvalue weighted by atomic mass is 9.85. The van der Waals surface area contributed by atoms with E-state index in [1.54, 1.807) is 19.6 Å². The molecule has 1 aliphatic rings. The molecule has 0 fully saturated rings. The molecule has 0 saturated carbocycles. The Labute approximate surface area is 106 Å². The maximum Gasteiger partial charge on any atom is 0.119 e. The van der Waals surface area contributed by atoms with Crippen molar-refractivity contribution in [1.82, 2.24) is 9.55 Å². The summed E-state index contributed by atoms with van der Waals surface area (Å²) in [6, 6.07) is 5.99. The van der Waals surface area contributed by atoms with Gasteiger partial charge in [0.05, 0.1) is 19.5 Å². The Hall–Kier alpha value is -1.81. The van der Waals surface area contributed by atoms with Crippen LogP contribution in [0.2, 0.25) is 0 Å². The summed E-state index contributed by atoms with van der Waals surface area (Å²) >= 11 is 0. The zero-order valence-corrected chi connectivity index (χ0v) is 10.3. The number of ether oxygens (including phenoxy) is 1. The fourth-order valence-electron chi connectivity index (χ4n) is 2.65. The van der Waals surface area contributed by atoms with Crippen LogP contribution in [0, 0.1) is 0 Å². The molecule has 1 aromatic heterocycles. The fourth-order valence-corrected chi connectivity index (χ4v) is 2.65. The summed E-state index contributed by atoms with van der Waals surface area (Å²) in [5.41, 5.74) is 2.18. The lowest BCUT2D eigenvalue weighted by Gasteiger charge is -2.31. The molecule has 4 nitrogen and oxygen atoms in total. The number of hydrogen-bond donors (Lipinski definition) is 1. The van der Waals surface area contributed by atoms with Gasteiger partial charge in [0, 0.05) is 12.4 Å². The molecule has 0 spiro atoms. The van der Waals surface area contributed by atoms with Gasteiger partial charge in [0.25, 0.3) is 0 Å². The fraction of sp³-hybridized carbons (Fsp3) is 0.357.